The second-order valence-corrected chi connectivity index (χ2v) is 4.42. The summed E-state index contributed by atoms with van der Waals surface area (Å²) in [5.74, 6) is -0.301. The van der Waals surface area contributed by atoms with Gasteiger partial charge in [0.05, 0.1) is 0 Å². The molecule has 2 aromatic carbocycles. The molecule has 3 heteroatoms. The standard InChI is InChI=1S/C13H10BrFO/c14-11-3-1-2-10(8-11)13(16)9-4-6-12(15)7-5-9/h1-8,13,16H/t13-/m1/s1. The third-order valence-corrected chi connectivity index (χ3v) is 2.84. The minimum absolute atomic E-state index is 0.301. The average molecular weight is 281 g/mol. The lowest BCUT2D eigenvalue weighted by atomic mass is 10.0. The van der Waals surface area contributed by atoms with Gasteiger partial charge in [0, 0.05) is 4.47 Å². The molecule has 0 aromatic heterocycles. The summed E-state index contributed by atoms with van der Waals surface area (Å²) in [4.78, 5) is 0. The number of benzene rings is 2. The van der Waals surface area contributed by atoms with Gasteiger partial charge in [0.1, 0.15) is 11.9 Å². The van der Waals surface area contributed by atoms with E-state index in [4.69, 9.17) is 0 Å². The van der Waals surface area contributed by atoms with E-state index in [1.165, 1.54) is 12.1 Å². The lowest BCUT2D eigenvalue weighted by molar-refractivity contribution is 0.220. The van der Waals surface area contributed by atoms with Crippen LogP contribution in [0.25, 0.3) is 0 Å². The van der Waals surface area contributed by atoms with Crippen LogP contribution >= 0.6 is 15.9 Å². The zero-order valence-electron chi connectivity index (χ0n) is 8.40. The van der Waals surface area contributed by atoms with Crippen molar-refractivity contribution in [3.05, 3.63) is 69.9 Å². The highest BCUT2D eigenvalue weighted by atomic mass is 79.9. The van der Waals surface area contributed by atoms with Crippen molar-refractivity contribution in [3.63, 3.8) is 0 Å². The van der Waals surface area contributed by atoms with Crippen LogP contribution in [0.1, 0.15) is 17.2 Å². The van der Waals surface area contributed by atoms with Crippen molar-refractivity contribution in [2.45, 2.75) is 6.10 Å². The highest BCUT2D eigenvalue weighted by molar-refractivity contribution is 9.10. The normalized spacial score (nSPS) is 12.4. The Morgan fingerprint density at radius 3 is 2.31 bits per heavy atom. The van der Waals surface area contributed by atoms with E-state index >= 15 is 0 Å². The monoisotopic (exact) mass is 280 g/mol. The van der Waals surface area contributed by atoms with E-state index < -0.39 is 6.10 Å². The minimum Gasteiger partial charge on any atom is -0.384 e. The predicted octanol–water partition coefficient (Wildman–Crippen LogP) is 3.67. The maximum atomic E-state index is 12.7. The molecule has 1 atom stereocenters. The summed E-state index contributed by atoms with van der Waals surface area (Å²) in [5.41, 5.74) is 1.46. The molecule has 0 saturated carbocycles. The molecule has 16 heavy (non-hydrogen) atoms. The Kier molecular flexibility index (Phi) is 3.36. The number of hydrogen-bond donors (Lipinski definition) is 1. The molecule has 2 rings (SSSR count). The Morgan fingerprint density at radius 1 is 1.00 bits per heavy atom. The molecular formula is C13H10BrFO. The quantitative estimate of drug-likeness (QED) is 0.890. The first-order chi connectivity index (χ1) is 7.66. The summed E-state index contributed by atoms with van der Waals surface area (Å²) in [7, 11) is 0. The van der Waals surface area contributed by atoms with Crippen molar-refractivity contribution < 1.29 is 9.50 Å². The highest BCUT2D eigenvalue weighted by Crippen LogP contribution is 2.24. The number of rotatable bonds is 2. The molecule has 0 aliphatic rings. The Morgan fingerprint density at radius 2 is 1.69 bits per heavy atom. The molecule has 82 valence electrons. The molecule has 0 unspecified atom stereocenters. The van der Waals surface area contributed by atoms with Crippen LogP contribution in [-0.2, 0) is 0 Å². The highest BCUT2D eigenvalue weighted by Gasteiger charge is 2.10. The lowest BCUT2D eigenvalue weighted by Gasteiger charge is -2.11. The van der Waals surface area contributed by atoms with E-state index in [2.05, 4.69) is 15.9 Å². The summed E-state index contributed by atoms with van der Waals surface area (Å²) in [5, 5.41) is 10.1. The molecule has 0 spiro atoms. The zero-order chi connectivity index (χ0) is 11.5. The van der Waals surface area contributed by atoms with E-state index in [0.717, 1.165) is 10.0 Å². The second kappa shape index (κ2) is 4.76. The van der Waals surface area contributed by atoms with Crippen molar-refractivity contribution in [1.29, 1.82) is 0 Å². The van der Waals surface area contributed by atoms with Gasteiger partial charge < -0.3 is 5.11 Å². The molecule has 0 amide bonds. The molecule has 2 aromatic rings. The zero-order valence-corrected chi connectivity index (χ0v) is 9.99. The smallest absolute Gasteiger partial charge is 0.123 e. The summed E-state index contributed by atoms with van der Waals surface area (Å²) in [6.45, 7) is 0. The fourth-order valence-corrected chi connectivity index (χ4v) is 1.93. The van der Waals surface area contributed by atoms with Crippen molar-refractivity contribution in [3.8, 4) is 0 Å². The van der Waals surface area contributed by atoms with Crippen LogP contribution in [0, 0.1) is 5.82 Å². The minimum atomic E-state index is -0.724. The number of halogens is 2. The molecule has 0 heterocycles. The molecule has 0 bridgehead atoms. The van der Waals surface area contributed by atoms with Crippen LogP contribution in [-0.4, -0.2) is 5.11 Å². The summed E-state index contributed by atoms with van der Waals surface area (Å²) in [6.07, 6.45) is -0.724. The van der Waals surface area contributed by atoms with Gasteiger partial charge in [-0.15, -0.1) is 0 Å². The largest absolute Gasteiger partial charge is 0.384 e. The fourth-order valence-electron chi connectivity index (χ4n) is 1.51. The van der Waals surface area contributed by atoms with E-state index in [-0.39, 0.29) is 5.82 Å². The first-order valence-electron chi connectivity index (χ1n) is 4.86. The van der Waals surface area contributed by atoms with E-state index in [9.17, 15) is 9.50 Å². The van der Waals surface area contributed by atoms with Gasteiger partial charge in [0.15, 0.2) is 0 Å². The lowest BCUT2D eigenvalue weighted by Crippen LogP contribution is -1.99. The molecule has 0 aliphatic carbocycles. The third kappa shape index (κ3) is 2.49. The van der Waals surface area contributed by atoms with Crippen LogP contribution in [0.3, 0.4) is 0 Å². The molecule has 1 N–H and O–H groups in total. The van der Waals surface area contributed by atoms with Gasteiger partial charge in [-0.05, 0) is 35.4 Å². The number of aliphatic hydroxyl groups is 1. The molecular weight excluding hydrogens is 271 g/mol. The molecule has 0 radical (unpaired) electrons. The average Bonchev–Trinajstić information content (AvgIpc) is 2.29. The van der Waals surface area contributed by atoms with Gasteiger partial charge in [0.2, 0.25) is 0 Å². The fraction of sp³-hybridized carbons (Fsp3) is 0.0769. The summed E-state index contributed by atoms with van der Waals surface area (Å²) in [6, 6.07) is 13.3. The Bertz CT molecular complexity index is 482. The van der Waals surface area contributed by atoms with E-state index in [0.29, 0.717) is 5.56 Å². The first kappa shape index (κ1) is 11.3. The maximum absolute atomic E-state index is 12.7. The van der Waals surface area contributed by atoms with Crippen LogP contribution in [0.15, 0.2) is 53.0 Å². The van der Waals surface area contributed by atoms with Crippen molar-refractivity contribution in [2.75, 3.05) is 0 Å². The maximum Gasteiger partial charge on any atom is 0.123 e. The first-order valence-corrected chi connectivity index (χ1v) is 5.65. The molecule has 0 saturated heterocycles. The Hall–Kier alpha value is -1.19. The van der Waals surface area contributed by atoms with Crippen LogP contribution < -0.4 is 0 Å². The van der Waals surface area contributed by atoms with Crippen LogP contribution in [0.2, 0.25) is 0 Å². The van der Waals surface area contributed by atoms with Gasteiger partial charge in [-0.1, -0.05) is 40.2 Å². The molecule has 0 aliphatic heterocycles. The van der Waals surface area contributed by atoms with Gasteiger partial charge in [-0.25, -0.2) is 4.39 Å². The summed E-state index contributed by atoms with van der Waals surface area (Å²) < 4.78 is 13.6. The van der Waals surface area contributed by atoms with Gasteiger partial charge in [0.25, 0.3) is 0 Å². The van der Waals surface area contributed by atoms with Gasteiger partial charge >= 0.3 is 0 Å². The molecule has 1 nitrogen and oxygen atoms in total. The van der Waals surface area contributed by atoms with E-state index in [1.807, 2.05) is 24.3 Å². The second-order valence-electron chi connectivity index (χ2n) is 3.51. The number of hydrogen-bond acceptors (Lipinski definition) is 1. The Balaban J connectivity index is 2.31. The molecule has 0 fully saturated rings. The topological polar surface area (TPSA) is 20.2 Å². The van der Waals surface area contributed by atoms with E-state index in [1.54, 1.807) is 12.1 Å². The SMILES string of the molecule is O[C@H](c1ccc(F)cc1)c1cccc(Br)c1. The van der Waals surface area contributed by atoms with Crippen LogP contribution in [0.4, 0.5) is 4.39 Å². The van der Waals surface area contributed by atoms with Gasteiger partial charge in [-0.2, -0.15) is 0 Å². The number of aliphatic hydroxyl groups excluding tert-OH is 1. The van der Waals surface area contributed by atoms with Crippen molar-refractivity contribution >= 4 is 15.9 Å². The Labute approximate surface area is 102 Å². The van der Waals surface area contributed by atoms with Crippen molar-refractivity contribution in [2.24, 2.45) is 0 Å². The third-order valence-electron chi connectivity index (χ3n) is 2.35. The van der Waals surface area contributed by atoms with Gasteiger partial charge in [-0.3, -0.25) is 0 Å². The van der Waals surface area contributed by atoms with Crippen molar-refractivity contribution in [1.82, 2.24) is 0 Å². The summed E-state index contributed by atoms with van der Waals surface area (Å²) >= 11 is 3.34. The van der Waals surface area contributed by atoms with Crippen LogP contribution in [0.5, 0.6) is 0 Å². The predicted molar refractivity (Wildman–Crippen MR) is 64.6 cm³/mol.